The van der Waals surface area contributed by atoms with E-state index in [0.29, 0.717) is 0 Å². The molecule has 0 fully saturated rings. The van der Waals surface area contributed by atoms with Gasteiger partial charge in [0.05, 0.1) is 7.11 Å². The summed E-state index contributed by atoms with van der Waals surface area (Å²) in [6.07, 6.45) is 1.95. The van der Waals surface area contributed by atoms with Gasteiger partial charge in [-0.25, -0.2) is 0 Å². The van der Waals surface area contributed by atoms with Gasteiger partial charge in [-0.05, 0) is 30.5 Å². The van der Waals surface area contributed by atoms with Crippen molar-refractivity contribution in [3.05, 3.63) is 28.8 Å². The van der Waals surface area contributed by atoms with Crippen LogP contribution in [0.4, 0.5) is 0 Å². The number of methoxy groups -OCH3 is 1. The Hall–Kier alpha value is -0.340. The van der Waals surface area contributed by atoms with Crippen LogP contribution in [0.5, 0.6) is 5.75 Å². The van der Waals surface area contributed by atoms with Gasteiger partial charge in [0.25, 0.3) is 0 Å². The van der Waals surface area contributed by atoms with Gasteiger partial charge in [-0.15, -0.1) is 0 Å². The molecule has 0 atom stereocenters. The van der Waals surface area contributed by atoms with Crippen molar-refractivity contribution in [1.29, 1.82) is 0 Å². The number of aryl methyl sites for hydroxylation is 1. The van der Waals surface area contributed by atoms with Crippen LogP contribution in [-0.2, 0) is 6.42 Å². The summed E-state index contributed by atoms with van der Waals surface area (Å²) < 4.78 is 5.05. The molecular formula is C10H12ClOS. The van der Waals surface area contributed by atoms with Crippen molar-refractivity contribution in [1.82, 2.24) is 0 Å². The van der Waals surface area contributed by atoms with Crippen molar-refractivity contribution in [2.45, 2.75) is 12.8 Å². The summed E-state index contributed by atoms with van der Waals surface area (Å²) in [4.78, 5) is 0. The van der Waals surface area contributed by atoms with Gasteiger partial charge in [-0.1, -0.05) is 30.3 Å². The smallest absolute Gasteiger partial charge is 0.120 e. The molecule has 1 aromatic carbocycles. The highest BCUT2D eigenvalue weighted by Gasteiger charge is 2.01. The van der Waals surface area contributed by atoms with E-state index in [-0.39, 0.29) is 0 Å². The zero-order valence-electron chi connectivity index (χ0n) is 7.55. The highest BCUT2D eigenvalue weighted by molar-refractivity contribution is 7.80. The van der Waals surface area contributed by atoms with Crippen LogP contribution in [0.15, 0.2) is 18.2 Å². The first kappa shape index (κ1) is 10.7. The molecule has 1 nitrogen and oxygen atoms in total. The largest absolute Gasteiger partial charge is 0.497 e. The minimum atomic E-state index is 0.766. The van der Waals surface area contributed by atoms with Gasteiger partial charge in [-0.3, -0.25) is 0 Å². The first-order chi connectivity index (χ1) is 6.27. The minimum Gasteiger partial charge on any atom is -0.497 e. The Bertz CT molecular complexity index is 276. The van der Waals surface area contributed by atoms with Crippen molar-refractivity contribution in [3.63, 3.8) is 0 Å². The van der Waals surface area contributed by atoms with Crippen LogP contribution in [0.3, 0.4) is 0 Å². The lowest BCUT2D eigenvalue weighted by atomic mass is 10.1. The van der Waals surface area contributed by atoms with Gasteiger partial charge >= 0.3 is 0 Å². The molecule has 1 radical (unpaired) electrons. The third-order valence-electron chi connectivity index (χ3n) is 1.85. The van der Waals surface area contributed by atoms with E-state index in [1.807, 2.05) is 18.2 Å². The van der Waals surface area contributed by atoms with Crippen LogP contribution in [-0.4, -0.2) is 12.9 Å². The Kier molecular flexibility index (Phi) is 4.46. The number of rotatable bonds is 4. The minimum absolute atomic E-state index is 0.766. The fourth-order valence-electron chi connectivity index (χ4n) is 1.12. The lowest BCUT2D eigenvalue weighted by Crippen LogP contribution is -1.89. The third-order valence-corrected chi connectivity index (χ3v) is 2.49. The second kappa shape index (κ2) is 5.40. The molecule has 13 heavy (non-hydrogen) atoms. The fourth-order valence-corrected chi connectivity index (χ4v) is 1.53. The van der Waals surface area contributed by atoms with Crippen LogP contribution in [0, 0.1) is 0 Å². The summed E-state index contributed by atoms with van der Waals surface area (Å²) in [5, 5.41) is 0.766. The second-order valence-corrected chi connectivity index (χ2v) is 3.58. The molecule has 0 amide bonds. The van der Waals surface area contributed by atoms with Crippen LogP contribution in [0.25, 0.3) is 0 Å². The predicted molar refractivity (Wildman–Crippen MR) is 58.8 cm³/mol. The number of halogens is 1. The summed E-state index contributed by atoms with van der Waals surface area (Å²) in [5.74, 6) is 1.58. The molecule has 0 spiro atoms. The molecule has 0 aliphatic heterocycles. The van der Waals surface area contributed by atoms with E-state index in [9.17, 15) is 0 Å². The molecule has 0 unspecified atom stereocenters. The summed E-state index contributed by atoms with van der Waals surface area (Å²) in [6.45, 7) is 0. The normalized spacial score (nSPS) is 10.1. The average molecular weight is 216 g/mol. The Labute approximate surface area is 89.5 Å². The molecule has 0 bridgehead atoms. The van der Waals surface area contributed by atoms with Crippen LogP contribution in [0.1, 0.15) is 12.0 Å². The van der Waals surface area contributed by atoms with E-state index < -0.39 is 0 Å². The van der Waals surface area contributed by atoms with Crippen molar-refractivity contribution in [3.8, 4) is 5.75 Å². The molecule has 3 heteroatoms. The highest BCUT2D eigenvalue weighted by Crippen LogP contribution is 2.23. The number of hydrogen-bond donors (Lipinski definition) is 0. The molecule has 0 aliphatic rings. The predicted octanol–water partition coefficient (Wildman–Crippen LogP) is 3.48. The fraction of sp³-hybridized carbons (Fsp3) is 0.400. The standard InChI is InChI=1S/C10H12ClOS/c1-12-9-5-4-8(3-2-6-13)10(11)7-9/h4-5,7H,2-3,6H2,1H3. The van der Waals surface area contributed by atoms with Gasteiger partial charge in [-0.2, -0.15) is 0 Å². The van der Waals surface area contributed by atoms with Crippen molar-refractivity contribution < 1.29 is 4.74 Å². The lowest BCUT2D eigenvalue weighted by Gasteiger charge is -2.05. The number of hydrogen-bond acceptors (Lipinski definition) is 1. The topological polar surface area (TPSA) is 9.23 Å². The Balaban J connectivity index is 2.73. The molecule has 0 saturated carbocycles. The third kappa shape index (κ3) is 3.12. The number of ether oxygens (including phenoxy) is 1. The molecule has 71 valence electrons. The lowest BCUT2D eigenvalue weighted by molar-refractivity contribution is 0.414. The van der Waals surface area contributed by atoms with E-state index >= 15 is 0 Å². The van der Waals surface area contributed by atoms with Crippen LogP contribution in [0.2, 0.25) is 5.02 Å². The Morgan fingerprint density at radius 3 is 2.77 bits per heavy atom. The molecule has 1 aromatic rings. The van der Waals surface area contributed by atoms with Gasteiger partial charge < -0.3 is 4.74 Å². The maximum absolute atomic E-state index is 6.03. The quantitative estimate of drug-likeness (QED) is 0.747. The summed E-state index contributed by atoms with van der Waals surface area (Å²) in [7, 11) is 1.63. The second-order valence-electron chi connectivity index (χ2n) is 2.77. The van der Waals surface area contributed by atoms with E-state index in [4.69, 9.17) is 29.0 Å². The van der Waals surface area contributed by atoms with Gasteiger partial charge in [0.15, 0.2) is 0 Å². The molecule has 0 heterocycles. The SMILES string of the molecule is COc1ccc(CCC[S])c(Cl)c1. The highest BCUT2D eigenvalue weighted by atomic mass is 35.5. The van der Waals surface area contributed by atoms with Crippen molar-refractivity contribution >= 4 is 24.2 Å². The molecule has 1 rings (SSSR count). The van der Waals surface area contributed by atoms with Crippen molar-refractivity contribution in [2.75, 3.05) is 12.9 Å². The summed E-state index contributed by atoms with van der Waals surface area (Å²) in [6, 6.07) is 5.75. The zero-order valence-corrected chi connectivity index (χ0v) is 9.12. The first-order valence-corrected chi connectivity index (χ1v) is 5.14. The molecule has 0 aliphatic carbocycles. The first-order valence-electron chi connectivity index (χ1n) is 4.18. The van der Waals surface area contributed by atoms with Crippen LogP contribution < -0.4 is 4.74 Å². The van der Waals surface area contributed by atoms with E-state index in [2.05, 4.69) is 0 Å². The van der Waals surface area contributed by atoms with E-state index in [0.717, 1.165) is 34.9 Å². The van der Waals surface area contributed by atoms with Gasteiger partial charge in [0.1, 0.15) is 5.75 Å². The van der Waals surface area contributed by atoms with Gasteiger partial charge in [0.2, 0.25) is 0 Å². The molecule has 0 aromatic heterocycles. The molecular weight excluding hydrogens is 204 g/mol. The van der Waals surface area contributed by atoms with Crippen LogP contribution >= 0.6 is 24.2 Å². The maximum Gasteiger partial charge on any atom is 0.120 e. The maximum atomic E-state index is 6.03. The van der Waals surface area contributed by atoms with Gasteiger partial charge in [0, 0.05) is 10.8 Å². The van der Waals surface area contributed by atoms with Crippen molar-refractivity contribution in [2.24, 2.45) is 0 Å². The monoisotopic (exact) mass is 215 g/mol. The molecule has 0 N–H and O–H groups in total. The average Bonchev–Trinajstić information content (AvgIpc) is 2.16. The van der Waals surface area contributed by atoms with E-state index in [1.54, 1.807) is 7.11 Å². The number of benzene rings is 1. The zero-order chi connectivity index (χ0) is 9.68. The Morgan fingerprint density at radius 1 is 1.46 bits per heavy atom. The summed E-state index contributed by atoms with van der Waals surface area (Å²) >= 11 is 10.9. The molecule has 0 saturated heterocycles. The Morgan fingerprint density at radius 2 is 2.23 bits per heavy atom. The van der Waals surface area contributed by atoms with E-state index in [1.165, 1.54) is 0 Å². The summed E-state index contributed by atoms with van der Waals surface area (Å²) in [5.41, 5.74) is 1.15.